The Kier molecular flexibility index (Phi) is 5.03. The van der Waals surface area contributed by atoms with E-state index in [1.807, 2.05) is 12.1 Å². The predicted octanol–water partition coefficient (Wildman–Crippen LogP) is 2.94. The monoisotopic (exact) mass is 298 g/mol. The fourth-order valence-corrected chi connectivity index (χ4v) is 1.91. The van der Waals surface area contributed by atoms with E-state index in [-0.39, 0.29) is 5.91 Å². The van der Waals surface area contributed by atoms with Gasteiger partial charge in [-0.2, -0.15) is 0 Å². The Morgan fingerprint density at radius 1 is 1.14 bits per heavy atom. The molecule has 2 aromatic carbocycles. The molecule has 0 aliphatic carbocycles. The molecule has 2 aromatic rings. The molecule has 114 valence electrons. The summed E-state index contributed by atoms with van der Waals surface area (Å²) in [5, 5.41) is 2.76. The van der Waals surface area contributed by atoms with Gasteiger partial charge in [-0.3, -0.25) is 4.79 Å². The third kappa shape index (κ3) is 4.02. The summed E-state index contributed by atoms with van der Waals surface area (Å²) >= 11 is 0. The van der Waals surface area contributed by atoms with Gasteiger partial charge in [0.2, 0.25) is 5.91 Å². The summed E-state index contributed by atoms with van der Waals surface area (Å²) in [5.41, 5.74) is 7.78. The predicted molar refractivity (Wildman–Crippen MR) is 88.1 cm³/mol. The van der Waals surface area contributed by atoms with Crippen LogP contribution in [0.5, 0.6) is 11.5 Å². The molecule has 0 saturated carbocycles. The minimum absolute atomic E-state index is 0.258. The van der Waals surface area contributed by atoms with Crippen LogP contribution in [0.4, 0.5) is 11.4 Å². The third-order valence-corrected chi connectivity index (χ3v) is 3.00. The van der Waals surface area contributed by atoms with Gasteiger partial charge in [0.15, 0.2) is 0 Å². The number of nitrogens with one attached hydrogen (secondary N) is 1. The van der Waals surface area contributed by atoms with Crippen molar-refractivity contribution in [2.45, 2.75) is 0 Å². The van der Waals surface area contributed by atoms with Crippen molar-refractivity contribution in [1.82, 2.24) is 0 Å². The van der Waals surface area contributed by atoms with Crippen LogP contribution in [-0.4, -0.2) is 20.1 Å². The van der Waals surface area contributed by atoms with Gasteiger partial charge in [0.05, 0.1) is 19.9 Å². The van der Waals surface area contributed by atoms with Crippen molar-refractivity contribution >= 4 is 23.4 Å². The van der Waals surface area contributed by atoms with Gasteiger partial charge in [-0.15, -0.1) is 0 Å². The minimum atomic E-state index is -0.258. The van der Waals surface area contributed by atoms with Crippen LogP contribution in [-0.2, 0) is 4.79 Å². The molecule has 0 heterocycles. The average molecular weight is 298 g/mol. The Bertz CT molecular complexity index is 696. The minimum Gasteiger partial charge on any atom is -0.497 e. The van der Waals surface area contributed by atoms with Gasteiger partial charge in [-0.25, -0.2) is 0 Å². The maximum atomic E-state index is 12.0. The van der Waals surface area contributed by atoms with Gasteiger partial charge in [-0.1, -0.05) is 12.1 Å². The fraction of sp³-hybridized carbons (Fsp3) is 0.118. The molecule has 0 spiro atoms. The molecule has 0 atom stereocenters. The first kappa shape index (κ1) is 15.4. The van der Waals surface area contributed by atoms with E-state index in [2.05, 4.69) is 5.32 Å². The van der Waals surface area contributed by atoms with Gasteiger partial charge in [0, 0.05) is 17.8 Å². The van der Waals surface area contributed by atoms with Crippen molar-refractivity contribution in [3.63, 3.8) is 0 Å². The normalized spacial score (nSPS) is 10.5. The number of nitrogens with two attached hydrogens (primary N) is 1. The number of hydrogen-bond acceptors (Lipinski definition) is 4. The molecule has 5 heteroatoms. The highest BCUT2D eigenvalue weighted by Gasteiger charge is 2.07. The van der Waals surface area contributed by atoms with Crippen LogP contribution in [0.15, 0.2) is 48.5 Å². The molecule has 0 fully saturated rings. The highest BCUT2D eigenvalue weighted by atomic mass is 16.5. The Balaban J connectivity index is 2.09. The lowest BCUT2D eigenvalue weighted by atomic mass is 10.2. The molecular formula is C17H18N2O3. The lowest BCUT2D eigenvalue weighted by Crippen LogP contribution is -2.09. The number of benzene rings is 2. The number of hydrogen-bond donors (Lipinski definition) is 2. The summed E-state index contributed by atoms with van der Waals surface area (Å²) in [6.45, 7) is 0. The maximum Gasteiger partial charge on any atom is 0.248 e. The topological polar surface area (TPSA) is 73.6 Å². The number of methoxy groups -OCH3 is 2. The van der Waals surface area contributed by atoms with Crippen molar-refractivity contribution in [2.75, 3.05) is 25.3 Å². The van der Waals surface area contributed by atoms with Gasteiger partial charge >= 0.3 is 0 Å². The van der Waals surface area contributed by atoms with Crippen molar-refractivity contribution in [2.24, 2.45) is 0 Å². The second kappa shape index (κ2) is 7.17. The summed E-state index contributed by atoms with van der Waals surface area (Å²) in [7, 11) is 3.11. The first-order valence-corrected chi connectivity index (χ1v) is 6.69. The van der Waals surface area contributed by atoms with E-state index in [0.717, 1.165) is 5.56 Å². The van der Waals surface area contributed by atoms with Crippen molar-refractivity contribution in [1.29, 1.82) is 0 Å². The molecule has 2 rings (SSSR count). The smallest absolute Gasteiger partial charge is 0.248 e. The van der Waals surface area contributed by atoms with E-state index in [0.29, 0.717) is 22.9 Å². The Hall–Kier alpha value is -2.95. The Morgan fingerprint density at radius 2 is 1.95 bits per heavy atom. The third-order valence-electron chi connectivity index (χ3n) is 3.00. The Labute approximate surface area is 129 Å². The molecule has 0 radical (unpaired) electrons. The zero-order valence-electron chi connectivity index (χ0n) is 12.5. The number of carbonyl (C=O) groups is 1. The van der Waals surface area contributed by atoms with E-state index in [1.54, 1.807) is 43.5 Å². The number of rotatable bonds is 5. The van der Waals surface area contributed by atoms with E-state index in [4.69, 9.17) is 15.2 Å². The van der Waals surface area contributed by atoms with Crippen molar-refractivity contribution < 1.29 is 14.3 Å². The molecule has 5 nitrogen and oxygen atoms in total. The first-order valence-electron chi connectivity index (χ1n) is 6.69. The van der Waals surface area contributed by atoms with Gasteiger partial charge in [-0.05, 0) is 35.9 Å². The van der Waals surface area contributed by atoms with Crippen LogP contribution in [0.25, 0.3) is 6.08 Å². The lowest BCUT2D eigenvalue weighted by molar-refractivity contribution is -0.111. The van der Waals surface area contributed by atoms with Crippen LogP contribution in [0.3, 0.4) is 0 Å². The summed E-state index contributed by atoms with van der Waals surface area (Å²) in [6.07, 6.45) is 3.14. The highest BCUT2D eigenvalue weighted by molar-refractivity contribution is 6.02. The number of amides is 1. The van der Waals surface area contributed by atoms with Crippen LogP contribution in [0.2, 0.25) is 0 Å². The molecule has 1 amide bonds. The first-order chi connectivity index (χ1) is 10.6. The average Bonchev–Trinajstić information content (AvgIpc) is 2.53. The zero-order valence-corrected chi connectivity index (χ0v) is 12.5. The van der Waals surface area contributed by atoms with E-state index in [1.165, 1.54) is 13.2 Å². The molecule has 0 aliphatic rings. The molecule has 22 heavy (non-hydrogen) atoms. The maximum absolute atomic E-state index is 12.0. The Morgan fingerprint density at radius 3 is 2.64 bits per heavy atom. The number of carbonyl (C=O) groups excluding carboxylic acids is 1. The van der Waals surface area contributed by atoms with Gasteiger partial charge in [0.25, 0.3) is 0 Å². The number of nitrogen functional groups attached to an aromatic ring is 1. The van der Waals surface area contributed by atoms with Gasteiger partial charge < -0.3 is 20.5 Å². The molecule has 3 N–H and O–H groups in total. The summed E-state index contributed by atoms with van der Waals surface area (Å²) in [5.74, 6) is 0.932. The molecule has 0 saturated heterocycles. The second-order valence-corrected chi connectivity index (χ2v) is 4.56. The fourth-order valence-electron chi connectivity index (χ4n) is 1.91. The molecule has 0 aliphatic heterocycles. The lowest BCUT2D eigenvalue weighted by Gasteiger charge is -2.10. The largest absolute Gasteiger partial charge is 0.497 e. The van der Waals surface area contributed by atoms with Crippen LogP contribution in [0, 0.1) is 0 Å². The van der Waals surface area contributed by atoms with Gasteiger partial charge in [0.1, 0.15) is 11.5 Å². The molecule has 0 aromatic heterocycles. The quantitative estimate of drug-likeness (QED) is 0.657. The second-order valence-electron chi connectivity index (χ2n) is 4.56. The van der Waals surface area contributed by atoms with Crippen LogP contribution < -0.4 is 20.5 Å². The zero-order chi connectivity index (χ0) is 15.9. The number of anilines is 2. The summed E-state index contributed by atoms with van der Waals surface area (Å²) in [6, 6.07) is 12.5. The molecule has 0 unspecified atom stereocenters. The highest BCUT2D eigenvalue weighted by Crippen LogP contribution is 2.28. The van der Waals surface area contributed by atoms with Crippen LogP contribution in [0.1, 0.15) is 5.56 Å². The number of ether oxygens (including phenoxy) is 2. The van der Waals surface area contributed by atoms with E-state index >= 15 is 0 Å². The molecular weight excluding hydrogens is 280 g/mol. The van der Waals surface area contributed by atoms with Crippen molar-refractivity contribution in [3.8, 4) is 11.5 Å². The summed E-state index contributed by atoms with van der Waals surface area (Å²) in [4.78, 5) is 12.0. The summed E-state index contributed by atoms with van der Waals surface area (Å²) < 4.78 is 10.3. The van der Waals surface area contributed by atoms with Crippen molar-refractivity contribution in [3.05, 3.63) is 54.1 Å². The SMILES string of the molecule is COc1ccc(NC(=O)/C=C/c2cccc(N)c2)c(OC)c1. The standard InChI is InChI=1S/C17H18N2O3/c1-21-14-7-8-15(16(11-14)22-2)19-17(20)9-6-12-4-3-5-13(18)10-12/h3-11H,18H2,1-2H3,(H,19,20)/b9-6+. The molecule has 0 bridgehead atoms. The van der Waals surface area contributed by atoms with E-state index < -0.39 is 0 Å². The van der Waals surface area contributed by atoms with E-state index in [9.17, 15) is 4.79 Å². The van der Waals surface area contributed by atoms with Crippen LogP contribution >= 0.6 is 0 Å².